The van der Waals surface area contributed by atoms with Gasteiger partial charge in [0.05, 0.1) is 11.5 Å². The van der Waals surface area contributed by atoms with Crippen LogP contribution in [0.4, 0.5) is 4.79 Å². The molecule has 2 N–H and O–H groups in total. The van der Waals surface area contributed by atoms with E-state index in [-0.39, 0.29) is 18.6 Å². The molecular formula is C10H20N2O3. The molecule has 0 unspecified atom stereocenters. The molecule has 0 bridgehead atoms. The van der Waals surface area contributed by atoms with E-state index in [2.05, 4.69) is 10.6 Å². The van der Waals surface area contributed by atoms with Gasteiger partial charge in [-0.15, -0.1) is 0 Å². The van der Waals surface area contributed by atoms with Gasteiger partial charge in [0.25, 0.3) is 0 Å². The molecule has 0 rings (SSSR count). The lowest BCUT2D eigenvalue weighted by Gasteiger charge is -2.22. The summed E-state index contributed by atoms with van der Waals surface area (Å²) in [6.07, 6.45) is -0.657. The van der Waals surface area contributed by atoms with Crippen molar-refractivity contribution in [3.63, 3.8) is 0 Å². The van der Waals surface area contributed by atoms with E-state index >= 15 is 0 Å². The van der Waals surface area contributed by atoms with Crippen molar-refractivity contribution < 1.29 is 14.3 Å². The van der Waals surface area contributed by atoms with Gasteiger partial charge in [0, 0.05) is 13.6 Å². The Hall–Kier alpha value is -1.26. The van der Waals surface area contributed by atoms with Gasteiger partial charge in [-0.25, -0.2) is 4.79 Å². The summed E-state index contributed by atoms with van der Waals surface area (Å²) >= 11 is 0. The van der Waals surface area contributed by atoms with Gasteiger partial charge in [-0.3, -0.25) is 4.79 Å². The van der Waals surface area contributed by atoms with E-state index in [0.717, 1.165) is 0 Å². The summed E-state index contributed by atoms with van der Waals surface area (Å²) in [6.45, 7) is 7.29. The number of hydrogen-bond donors (Lipinski definition) is 2. The summed E-state index contributed by atoms with van der Waals surface area (Å²) in [6, 6.07) is 0. The average molecular weight is 216 g/mol. The fourth-order valence-electron chi connectivity index (χ4n) is 0.968. The van der Waals surface area contributed by atoms with Crippen molar-refractivity contribution in [1.82, 2.24) is 10.6 Å². The van der Waals surface area contributed by atoms with Gasteiger partial charge < -0.3 is 15.4 Å². The van der Waals surface area contributed by atoms with Crippen LogP contribution in [0.3, 0.4) is 0 Å². The third kappa shape index (κ3) is 5.24. The standard InChI is InChI=1S/C10H20N2O3/c1-7(2)15-9(14)12-6-10(3,4)8(13)11-5/h7H,6H2,1-5H3,(H,11,13)(H,12,14). The van der Waals surface area contributed by atoms with E-state index in [4.69, 9.17) is 4.74 Å². The maximum Gasteiger partial charge on any atom is 0.407 e. The highest BCUT2D eigenvalue weighted by molar-refractivity contribution is 5.82. The van der Waals surface area contributed by atoms with Gasteiger partial charge in [0.1, 0.15) is 0 Å². The van der Waals surface area contributed by atoms with Crippen molar-refractivity contribution in [1.29, 1.82) is 0 Å². The smallest absolute Gasteiger partial charge is 0.407 e. The van der Waals surface area contributed by atoms with Crippen LogP contribution in [0, 0.1) is 5.41 Å². The van der Waals surface area contributed by atoms with Gasteiger partial charge in [0.15, 0.2) is 0 Å². The van der Waals surface area contributed by atoms with Crippen molar-refractivity contribution in [2.24, 2.45) is 5.41 Å². The fraction of sp³-hybridized carbons (Fsp3) is 0.800. The van der Waals surface area contributed by atoms with Crippen LogP contribution in [0.25, 0.3) is 0 Å². The molecule has 0 spiro atoms. The van der Waals surface area contributed by atoms with Crippen molar-refractivity contribution >= 4 is 12.0 Å². The molecule has 0 saturated heterocycles. The first-order valence-electron chi connectivity index (χ1n) is 4.96. The number of hydrogen-bond acceptors (Lipinski definition) is 3. The number of amides is 2. The minimum Gasteiger partial charge on any atom is -0.447 e. The summed E-state index contributed by atoms with van der Waals surface area (Å²) < 4.78 is 4.88. The Bertz CT molecular complexity index is 237. The predicted octanol–water partition coefficient (Wildman–Crippen LogP) is 0.893. The lowest BCUT2D eigenvalue weighted by molar-refractivity contribution is -0.128. The quantitative estimate of drug-likeness (QED) is 0.733. The molecule has 0 aliphatic rings. The van der Waals surface area contributed by atoms with Crippen LogP contribution in [0.15, 0.2) is 0 Å². The second-order valence-electron chi connectivity index (χ2n) is 4.27. The molecule has 0 heterocycles. The lowest BCUT2D eigenvalue weighted by Crippen LogP contribution is -2.44. The van der Waals surface area contributed by atoms with Gasteiger partial charge in [-0.05, 0) is 27.7 Å². The molecule has 0 aliphatic heterocycles. The third-order valence-electron chi connectivity index (χ3n) is 1.86. The number of alkyl carbamates (subject to hydrolysis) is 1. The summed E-state index contributed by atoms with van der Waals surface area (Å²) in [5, 5.41) is 5.09. The van der Waals surface area contributed by atoms with Gasteiger partial charge in [-0.1, -0.05) is 0 Å². The maximum absolute atomic E-state index is 11.4. The highest BCUT2D eigenvalue weighted by atomic mass is 16.6. The van der Waals surface area contributed by atoms with E-state index in [9.17, 15) is 9.59 Å². The molecule has 0 saturated carbocycles. The van der Waals surface area contributed by atoms with Crippen LogP contribution in [-0.2, 0) is 9.53 Å². The van der Waals surface area contributed by atoms with Crippen LogP contribution in [0.2, 0.25) is 0 Å². The zero-order valence-corrected chi connectivity index (χ0v) is 10.0. The summed E-state index contributed by atoms with van der Waals surface area (Å²) in [5.41, 5.74) is -0.634. The van der Waals surface area contributed by atoms with Crippen LogP contribution < -0.4 is 10.6 Å². The number of carbonyl (C=O) groups is 2. The predicted molar refractivity (Wildman–Crippen MR) is 57.5 cm³/mol. The second kappa shape index (κ2) is 5.58. The number of carbonyl (C=O) groups excluding carboxylic acids is 2. The summed E-state index contributed by atoms with van der Waals surface area (Å²) in [4.78, 5) is 22.5. The molecule has 2 amide bonds. The molecule has 0 atom stereocenters. The fourth-order valence-corrected chi connectivity index (χ4v) is 0.968. The van der Waals surface area contributed by atoms with E-state index in [0.29, 0.717) is 0 Å². The largest absolute Gasteiger partial charge is 0.447 e. The molecule has 88 valence electrons. The minimum absolute atomic E-state index is 0.118. The topological polar surface area (TPSA) is 67.4 Å². The van der Waals surface area contributed by atoms with E-state index in [1.54, 1.807) is 34.7 Å². The Morgan fingerprint density at radius 3 is 2.27 bits per heavy atom. The number of rotatable bonds is 4. The van der Waals surface area contributed by atoms with Crippen molar-refractivity contribution in [2.45, 2.75) is 33.8 Å². The highest BCUT2D eigenvalue weighted by Crippen LogP contribution is 2.13. The third-order valence-corrected chi connectivity index (χ3v) is 1.86. The first-order valence-corrected chi connectivity index (χ1v) is 4.96. The Morgan fingerprint density at radius 1 is 1.33 bits per heavy atom. The molecule has 15 heavy (non-hydrogen) atoms. The molecule has 0 aliphatic carbocycles. The molecule has 0 aromatic heterocycles. The first kappa shape index (κ1) is 13.7. The summed E-state index contributed by atoms with van der Waals surface area (Å²) in [5.74, 6) is -0.118. The molecule has 0 aromatic rings. The molecule has 0 radical (unpaired) electrons. The van der Waals surface area contributed by atoms with Crippen molar-refractivity contribution in [3.05, 3.63) is 0 Å². The molecule has 5 heteroatoms. The molecular weight excluding hydrogens is 196 g/mol. The first-order chi connectivity index (χ1) is 6.79. The van der Waals surface area contributed by atoms with Gasteiger partial charge >= 0.3 is 6.09 Å². The van der Waals surface area contributed by atoms with Gasteiger partial charge in [0.2, 0.25) is 5.91 Å². The van der Waals surface area contributed by atoms with E-state index < -0.39 is 11.5 Å². The Labute approximate surface area is 90.6 Å². The van der Waals surface area contributed by atoms with Crippen LogP contribution in [0.5, 0.6) is 0 Å². The monoisotopic (exact) mass is 216 g/mol. The average Bonchev–Trinajstić information content (AvgIpc) is 2.12. The Kier molecular flexibility index (Phi) is 5.11. The Balaban J connectivity index is 4.04. The zero-order valence-electron chi connectivity index (χ0n) is 10.0. The molecule has 0 fully saturated rings. The SMILES string of the molecule is CNC(=O)C(C)(C)CNC(=O)OC(C)C. The second-order valence-corrected chi connectivity index (χ2v) is 4.27. The van der Waals surface area contributed by atoms with E-state index in [1.165, 1.54) is 0 Å². The van der Waals surface area contributed by atoms with Gasteiger partial charge in [-0.2, -0.15) is 0 Å². The zero-order chi connectivity index (χ0) is 12.1. The number of ether oxygens (including phenoxy) is 1. The normalized spacial score (nSPS) is 11.1. The van der Waals surface area contributed by atoms with Crippen molar-refractivity contribution in [2.75, 3.05) is 13.6 Å². The van der Waals surface area contributed by atoms with E-state index in [1.807, 2.05) is 0 Å². The minimum atomic E-state index is -0.634. The van der Waals surface area contributed by atoms with Crippen molar-refractivity contribution in [3.8, 4) is 0 Å². The number of nitrogens with one attached hydrogen (secondary N) is 2. The lowest BCUT2D eigenvalue weighted by atomic mass is 9.92. The maximum atomic E-state index is 11.4. The van der Waals surface area contributed by atoms with Crippen LogP contribution in [-0.4, -0.2) is 31.7 Å². The molecule has 5 nitrogen and oxygen atoms in total. The van der Waals surface area contributed by atoms with Crippen LogP contribution >= 0.6 is 0 Å². The highest BCUT2D eigenvalue weighted by Gasteiger charge is 2.27. The summed E-state index contributed by atoms with van der Waals surface area (Å²) in [7, 11) is 1.57. The Morgan fingerprint density at radius 2 is 1.87 bits per heavy atom. The van der Waals surface area contributed by atoms with Crippen LogP contribution in [0.1, 0.15) is 27.7 Å². The molecule has 0 aromatic carbocycles.